The SMILES string of the molecule is CC[C@H](C(=O)O)n1cc(C)c(C(F)F)n1. The number of carbonyl (C=O) groups is 1. The highest BCUT2D eigenvalue weighted by atomic mass is 19.3. The summed E-state index contributed by atoms with van der Waals surface area (Å²) in [6.45, 7) is 3.15. The normalized spacial score (nSPS) is 13.1. The van der Waals surface area contributed by atoms with E-state index < -0.39 is 18.4 Å². The number of alkyl halides is 2. The molecule has 0 amide bonds. The van der Waals surface area contributed by atoms with Gasteiger partial charge in [-0.2, -0.15) is 5.10 Å². The van der Waals surface area contributed by atoms with Gasteiger partial charge >= 0.3 is 5.97 Å². The van der Waals surface area contributed by atoms with Gasteiger partial charge in [-0.15, -0.1) is 0 Å². The Morgan fingerprint density at radius 1 is 1.67 bits per heavy atom. The minimum atomic E-state index is -2.67. The van der Waals surface area contributed by atoms with Gasteiger partial charge < -0.3 is 5.11 Å². The van der Waals surface area contributed by atoms with Crippen LogP contribution in [0.2, 0.25) is 0 Å². The molecule has 0 aliphatic carbocycles. The van der Waals surface area contributed by atoms with Crippen LogP contribution >= 0.6 is 0 Å². The lowest BCUT2D eigenvalue weighted by Crippen LogP contribution is -2.18. The van der Waals surface area contributed by atoms with Crippen LogP contribution in [0.25, 0.3) is 0 Å². The van der Waals surface area contributed by atoms with Crippen molar-refractivity contribution in [2.45, 2.75) is 32.7 Å². The summed E-state index contributed by atoms with van der Waals surface area (Å²) < 4.78 is 25.9. The number of nitrogens with zero attached hydrogens (tertiary/aromatic N) is 2. The van der Waals surface area contributed by atoms with Crippen molar-refractivity contribution >= 4 is 5.97 Å². The average Bonchev–Trinajstić information content (AvgIpc) is 2.48. The summed E-state index contributed by atoms with van der Waals surface area (Å²) in [5.74, 6) is -1.07. The second-order valence-electron chi connectivity index (χ2n) is 3.24. The molecule has 0 radical (unpaired) electrons. The minimum Gasteiger partial charge on any atom is -0.480 e. The molecule has 0 fully saturated rings. The summed E-state index contributed by atoms with van der Waals surface area (Å²) in [4.78, 5) is 10.8. The summed E-state index contributed by atoms with van der Waals surface area (Å²) in [5, 5.41) is 12.4. The van der Waals surface area contributed by atoms with Crippen LogP contribution in [-0.2, 0) is 4.79 Å². The van der Waals surface area contributed by atoms with E-state index in [9.17, 15) is 13.6 Å². The Bertz CT molecular complexity index is 363. The Labute approximate surface area is 85.5 Å². The number of rotatable bonds is 4. The van der Waals surface area contributed by atoms with E-state index in [0.717, 1.165) is 4.68 Å². The van der Waals surface area contributed by atoms with Crippen molar-refractivity contribution in [1.29, 1.82) is 0 Å². The molecule has 1 aromatic heterocycles. The van der Waals surface area contributed by atoms with Gasteiger partial charge in [-0.25, -0.2) is 13.6 Å². The molecule has 1 aromatic rings. The molecule has 0 aliphatic rings. The van der Waals surface area contributed by atoms with Gasteiger partial charge in [-0.1, -0.05) is 6.92 Å². The van der Waals surface area contributed by atoms with Crippen LogP contribution in [0.5, 0.6) is 0 Å². The second kappa shape index (κ2) is 4.37. The van der Waals surface area contributed by atoms with Crippen LogP contribution in [0.3, 0.4) is 0 Å². The van der Waals surface area contributed by atoms with Crippen LogP contribution in [0.1, 0.15) is 37.1 Å². The van der Waals surface area contributed by atoms with E-state index in [2.05, 4.69) is 5.10 Å². The zero-order chi connectivity index (χ0) is 11.6. The van der Waals surface area contributed by atoms with E-state index in [0.29, 0.717) is 12.0 Å². The van der Waals surface area contributed by atoms with Crippen LogP contribution in [0.4, 0.5) is 8.78 Å². The molecular weight excluding hydrogens is 206 g/mol. The molecule has 84 valence electrons. The van der Waals surface area contributed by atoms with E-state index >= 15 is 0 Å². The molecule has 15 heavy (non-hydrogen) atoms. The Morgan fingerprint density at radius 3 is 2.60 bits per heavy atom. The fourth-order valence-electron chi connectivity index (χ4n) is 1.35. The number of halogens is 2. The standard InChI is InChI=1S/C9H12F2N2O2/c1-3-6(9(14)15)13-4-5(2)7(12-13)8(10)11/h4,6,8H,3H2,1-2H3,(H,14,15)/t6-/m1/s1. The molecule has 1 atom stereocenters. The summed E-state index contributed by atoms with van der Waals surface area (Å²) in [5.41, 5.74) is -0.0422. The fraction of sp³-hybridized carbons (Fsp3) is 0.556. The molecule has 0 spiro atoms. The van der Waals surface area contributed by atoms with Gasteiger partial charge in [0.25, 0.3) is 6.43 Å². The average molecular weight is 218 g/mol. The van der Waals surface area contributed by atoms with Crippen LogP contribution in [0, 0.1) is 6.92 Å². The van der Waals surface area contributed by atoms with Gasteiger partial charge in [0.1, 0.15) is 11.7 Å². The summed E-state index contributed by atoms with van der Waals surface area (Å²) in [6.07, 6.45) is -1.03. The number of hydrogen-bond donors (Lipinski definition) is 1. The molecule has 1 rings (SSSR count). The number of carboxylic acid groups (broad SMARTS) is 1. The number of aromatic nitrogens is 2. The van der Waals surface area contributed by atoms with Crippen LogP contribution in [-0.4, -0.2) is 20.9 Å². The summed E-state index contributed by atoms with van der Waals surface area (Å²) >= 11 is 0. The third-order valence-corrected chi connectivity index (χ3v) is 2.15. The smallest absolute Gasteiger partial charge is 0.328 e. The van der Waals surface area contributed by atoms with Gasteiger partial charge in [-0.3, -0.25) is 4.68 Å². The number of hydrogen-bond acceptors (Lipinski definition) is 2. The van der Waals surface area contributed by atoms with Gasteiger partial charge in [0.2, 0.25) is 0 Å². The van der Waals surface area contributed by atoms with Gasteiger partial charge in [0.05, 0.1) is 0 Å². The van der Waals surface area contributed by atoms with E-state index in [1.54, 1.807) is 6.92 Å². The first-order chi connectivity index (χ1) is 6.97. The lowest BCUT2D eigenvalue weighted by molar-refractivity contribution is -0.141. The number of aryl methyl sites for hydroxylation is 1. The first-order valence-electron chi connectivity index (χ1n) is 4.54. The maximum atomic E-state index is 12.4. The van der Waals surface area contributed by atoms with Crippen molar-refractivity contribution in [2.75, 3.05) is 0 Å². The maximum Gasteiger partial charge on any atom is 0.328 e. The third kappa shape index (κ3) is 2.31. The molecule has 1 N–H and O–H groups in total. The lowest BCUT2D eigenvalue weighted by Gasteiger charge is -2.09. The molecule has 0 bridgehead atoms. The summed E-state index contributed by atoms with van der Waals surface area (Å²) in [7, 11) is 0. The molecule has 1 heterocycles. The first-order valence-corrected chi connectivity index (χ1v) is 4.54. The maximum absolute atomic E-state index is 12.4. The zero-order valence-electron chi connectivity index (χ0n) is 8.44. The molecule has 6 heteroatoms. The number of aliphatic carboxylic acids is 1. The Balaban J connectivity index is 3.05. The van der Waals surface area contributed by atoms with Crippen LogP contribution < -0.4 is 0 Å². The van der Waals surface area contributed by atoms with Crippen molar-refractivity contribution in [2.24, 2.45) is 0 Å². The predicted molar refractivity (Wildman–Crippen MR) is 48.9 cm³/mol. The Kier molecular flexibility index (Phi) is 3.39. The lowest BCUT2D eigenvalue weighted by atomic mass is 10.2. The summed E-state index contributed by atoms with van der Waals surface area (Å²) in [6, 6.07) is -0.879. The second-order valence-corrected chi connectivity index (χ2v) is 3.24. The zero-order valence-corrected chi connectivity index (χ0v) is 8.44. The fourth-order valence-corrected chi connectivity index (χ4v) is 1.35. The molecule has 0 saturated heterocycles. The van der Waals surface area contributed by atoms with E-state index in [1.807, 2.05) is 0 Å². The number of carboxylic acids is 1. The highest BCUT2D eigenvalue weighted by molar-refractivity contribution is 5.71. The van der Waals surface area contributed by atoms with E-state index in [1.165, 1.54) is 13.1 Å². The predicted octanol–water partition coefficient (Wildman–Crippen LogP) is 2.16. The highest BCUT2D eigenvalue weighted by Gasteiger charge is 2.22. The van der Waals surface area contributed by atoms with Crippen molar-refractivity contribution in [3.05, 3.63) is 17.5 Å². The third-order valence-electron chi connectivity index (χ3n) is 2.15. The molecule has 0 saturated carbocycles. The van der Waals surface area contributed by atoms with Gasteiger partial charge in [-0.05, 0) is 18.9 Å². The molecular formula is C9H12F2N2O2. The minimum absolute atomic E-state index is 0.305. The molecule has 0 aliphatic heterocycles. The van der Waals surface area contributed by atoms with Crippen molar-refractivity contribution in [3.8, 4) is 0 Å². The van der Waals surface area contributed by atoms with E-state index in [4.69, 9.17) is 5.11 Å². The van der Waals surface area contributed by atoms with Crippen molar-refractivity contribution in [1.82, 2.24) is 9.78 Å². The van der Waals surface area contributed by atoms with Crippen LogP contribution in [0.15, 0.2) is 6.20 Å². The quantitative estimate of drug-likeness (QED) is 0.842. The first kappa shape index (κ1) is 11.6. The van der Waals surface area contributed by atoms with Gasteiger partial charge in [0.15, 0.2) is 0 Å². The van der Waals surface area contributed by atoms with Gasteiger partial charge in [0, 0.05) is 6.20 Å². The Morgan fingerprint density at radius 2 is 2.27 bits per heavy atom. The molecule has 4 nitrogen and oxygen atoms in total. The molecule has 0 aromatic carbocycles. The Hall–Kier alpha value is -1.46. The highest BCUT2D eigenvalue weighted by Crippen LogP contribution is 2.22. The van der Waals surface area contributed by atoms with E-state index in [-0.39, 0.29) is 5.69 Å². The topological polar surface area (TPSA) is 55.1 Å². The monoisotopic (exact) mass is 218 g/mol. The van der Waals surface area contributed by atoms with Crippen molar-refractivity contribution < 1.29 is 18.7 Å². The molecule has 0 unspecified atom stereocenters. The largest absolute Gasteiger partial charge is 0.480 e. The van der Waals surface area contributed by atoms with Crippen molar-refractivity contribution in [3.63, 3.8) is 0 Å².